The second kappa shape index (κ2) is 4.67. The highest BCUT2D eigenvalue weighted by Gasteiger charge is 2.53. The van der Waals surface area contributed by atoms with Crippen LogP contribution in [-0.2, 0) is 9.31 Å². The molecule has 1 aromatic carbocycles. The lowest BCUT2D eigenvalue weighted by molar-refractivity contribution is 0.00578. The molecule has 1 saturated heterocycles. The van der Waals surface area contributed by atoms with Crippen LogP contribution in [-0.4, -0.2) is 34.0 Å². The maximum atomic E-state index is 11.8. The van der Waals surface area contributed by atoms with Crippen LogP contribution in [0.4, 0.5) is 0 Å². The summed E-state index contributed by atoms with van der Waals surface area (Å²) >= 11 is 0. The minimum atomic E-state index is -0.574. The van der Waals surface area contributed by atoms with Crippen molar-refractivity contribution in [3.8, 4) is 0 Å². The van der Waals surface area contributed by atoms with Gasteiger partial charge in [-0.1, -0.05) is 11.6 Å². The molecule has 5 nitrogen and oxygen atoms in total. The van der Waals surface area contributed by atoms with Gasteiger partial charge < -0.3 is 9.31 Å². The van der Waals surface area contributed by atoms with Crippen LogP contribution in [0.1, 0.15) is 45.0 Å². The van der Waals surface area contributed by atoms with E-state index in [0.717, 1.165) is 16.5 Å². The molecule has 0 atom stereocenters. The monoisotopic (exact) mass is 300 g/mol. The highest BCUT2D eigenvalue weighted by molar-refractivity contribution is 6.64. The topological polar surface area (TPSA) is 53.4 Å². The third kappa shape index (κ3) is 2.18. The van der Waals surface area contributed by atoms with Crippen LogP contribution in [0, 0.1) is 6.92 Å². The van der Waals surface area contributed by atoms with Crippen LogP contribution in [0.15, 0.2) is 18.2 Å². The van der Waals surface area contributed by atoms with E-state index in [-0.39, 0.29) is 5.91 Å². The Hall–Kier alpha value is -1.66. The van der Waals surface area contributed by atoms with Crippen LogP contribution in [0.3, 0.4) is 0 Å². The number of fused-ring (bicyclic) bond motifs is 1. The van der Waals surface area contributed by atoms with Crippen molar-refractivity contribution in [1.82, 2.24) is 9.78 Å². The molecule has 2 aromatic rings. The van der Waals surface area contributed by atoms with Gasteiger partial charge in [0.25, 0.3) is 0 Å². The Morgan fingerprint density at radius 1 is 1.18 bits per heavy atom. The summed E-state index contributed by atoms with van der Waals surface area (Å²) in [7, 11) is -0.574. The zero-order chi connectivity index (χ0) is 16.3. The molecular formula is C16H21BN2O3. The van der Waals surface area contributed by atoms with Gasteiger partial charge >= 0.3 is 7.12 Å². The van der Waals surface area contributed by atoms with Crippen molar-refractivity contribution in [1.29, 1.82) is 0 Å². The molecule has 1 aliphatic rings. The summed E-state index contributed by atoms with van der Waals surface area (Å²) in [4.78, 5) is 11.8. The first-order valence-corrected chi connectivity index (χ1v) is 7.48. The second-order valence-corrected chi connectivity index (χ2v) is 6.92. The molecule has 0 saturated carbocycles. The van der Waals surface area contributed by atoms with Gasteiger partial charge in [-0.2, -0.15) is 5.10 Å². The van der Waals surface area contributed by atoms with Crippen molar-refractivity contribution in [3.63, 3.8) is 0 Å². The maximum Gasteiger partial charge on any atom is 0.517 e. The van der Waals surface area contributed by atoms with Crippen molar-refractivity contribution in [2.45, 2.75) is 52.7 Å². The molecule has 1 fully saturated rings. The van der Waals surface area contributed by atoms with E-state index in [1.165, 1.54) is 11.6 Å². The van der Waals surface area contributed by atoms with E-state index >= 15 is 0 Å². The van der Waals surface area contributed by atoms with Crippen LogP contribution in [0.2, 0.25) is 0 Å². The number of carbonyl (C=O) groups is 1. The summed E-state index contributed by atoms with van der Waals surface area (Å²) in [5.41, 5.74) is 1.67. The normalized spacial score (nSPS) is 19.8. The third-order valence-electron chi connectivity index (χ3n) is 4.64. The summed E-state index contributed by atoms with van der Waals surface area (Å²) in [5.74, 6) is -0.128. The zero-order valence-electron chi connectivity index (χ0n) is 13.9. The van der Waals surface area contributed by atoms with Gasteiger partial charge in [0.1, 0.15) is 5.59 Å². The molecule has 0 N–H and O–H groups in total. The molecular weight excluding hydrogens is 279 g/mol. The van der Waals surface area contributed by atoms with Crippen molar-refractivity contribution in [2.75, 3.05) is 0 Å². The Kier molecular flexibility index (Phi) is 3.24. The lowest BCUT2D eigenvalue weighted by atomic mass is 9.82. The molecule has 0 bridgehead atoms. The fourth-order valence-corrected chi connectivity index (χ4v) is 2.62. The van der Waals surface area contributed by atoms with Gasteiger partial charge in [0.2, 0.25) is 5.91 Å². The fraction of sp³-hybridized carbons (Fsp3) is 0.500. The van der Waals surface area contributed by atoms with E-state index in [2.05, 4.69) is 5.10 Å². The van der Waals surface area contributed by atoms with E-state index in [0.29, 0.717) is 5.59 Å². The Labute approximate surface area is 130 Å². The zero-order valence-corrected chi connectivity index (χ0v) is 13.9. The fourth-order valence-electron chi connectivity index (χ4n) is 2.62. The van der Waals surface area contributed by atoms with Crippen molar-refractivity contribution >= 4 is 29.5 Å². The Morgan fingerprint density at radius 3 is 2.32 bits per heavy atom. The first-order chi connectivity index (χ1) is 10.1. The molecule has 116 valence electrons. The molecule has 22 heavy (non-hydrogen) atoms. The molecule has 0 radical (unpaired) electrons. The molecule has 0 aliphatic carbocycles. The van der Waals surface area contributed by atoms with Crippen molar-refractivity contribution < 1.29 is 14.1 Å². The summed E-state index contributed by atoms with van der Waals surface area (Å²) < 4.78 is 13.6. The highest BCUT2D eigenvalue weighted by atomic mass is 16.7. The average molecular weight is 300 g/mol. The van der Waals surface area contributed by atoms with E-state index in [1.807, 2.05) is 52.8 Å². The van der Waals surface area contributed by atoms with Gasteiger partial charge in [0, 0.05) is 12.3 Å². The standard InChI is InChI=1S/C16H21BN2O3/c1-10-7-8-13-12(9-10)14(18-19(13)11(2)20)17-21-15(3,4)16(5,6)22-17/h7-9H,1-6H3. The number of hydrogen-bond acceptors (Lipinski definition) is 4. The first-order valence-electron chi connectivity index (χ1n) is 7.48. The second-order valence-electron chi connectivity index (χ2n) is 6.92. The Morgan fingerprint density at radius 2 is 1.77 bits per heavy atom. The minimum Gasteiger partial charge on any atom is -0.398 e. The van der Waals surface area contributed by atoms with Crippen molar-refractivity contribution in [3.05, 3.63) is 23.8 Å². The van der Waals surface area contributed by atoms with Crippen LogP contribution in [0.5, 0.6) is 0 Å². The van der Waals surface area contributed by atoms with Gasteiger partial charge in [-0.25, -0.2) is 4.68 Å². The summed E-state index contributed by atoms with van der Waals surface area (Å²) in [6.45, 7) is 11.5. The van der Waals surface area contributed by atoms with Gasteiger partial charge in [-0.05, 0) is 46.8 Å². The predicted octanol–water partition coefficient (Wildman–Crippen LogP) is 2.30. The number of nitrogens with zero attached hydrogens (tertiary/aromatic N) is 2. The molecule has 3 rings (SSSR count). The van der Waals surface area contributed by atoms with E-state index in [4.69, 9.17) is 9.31 Å². The van der Waals surface area contributed by atoms with Crippen LogP contribution < -0.4 is 5.59 Å². The summed E-state index contributed by atoms with van der Waals surface area (Å²) in [6, 6.07) is 5.90. The number of aryl methyl sites for hydroxylation is 1. The first kappa shape index (κ1) is 15.2. The van der Waals surface area contributed by atoms with Gasteiger partial charge in [-0.15, -0.1) is 0 Å². The third-order valence-corrected chi connectivity index (χ3v) is 4.64. The SMILES string of the molecule is CC(=O)n1nc(B2OC(C)(C)C(C)(C)O2)c2cc(C)ccc21. The molecule has 6 heteroatoms. The van der Waals surface area contributed by atoms with E-state index < -0.39 is 18.3 Å². The number of aromatic nitrogens is 2. The Balaban J connectivity index is 2.16. The summed E-state index contributed by atoms with van der Waals surface area (Å²) in [6.07, 6.45) is 0. The predicted molar refractivity (Wildman–Crippen MR) is 86.5 cm³/mol. The van der Waals surface area contributed by atoms with E-state index in [1.54, 1.807) is 0 Å². The molecule has 2 heterocycles. The lowest BCUT2D eigenvalue weighted by Gasteiger charge is -2.32. The highest BCUT2D eigenvalue weighted by Crippen LogP contribution is 2.36. The van der Waals surface area contributed by atoms with Crippen LogP contribution >= 0.6 is 0 Å². The summed E-state index contributed by atoms with van der Waals surface area (Å²) in [5, 5.41) is 5.36. The quantitative estimate of drug-likeness (QED) is 0.758. The van der Waals surface area contributed by atoms with Gasteiger partial charge in [-0.3, -0.25) is 4.79 Å². The molecule has 1 aromatic heterocycles. The lowest BCUT2D eigenvalue weighted by Crippen LogP contribution is -2.41. The minimum absolute atomic E-state index is 0.128. The number of carbonyl (C=O) groups excluding carboxylic acids is 1. The largest absolute Gasteiger partial charge is 0.517 e. The molecule has 0 spiro atoms. The van der Waals surface area contributed by atoms with E-state index in [9.17, 15) is 4.79 Å². The molecule has 1 aliphatic heterocycles. The average Bonchev–Trinajstić information content (AvgIpc) is 2.84. The molecule has 0 unspecified atom stereocenters. The van der Waals surface area contributed by atoms with Gasteiger partial charge in [0.15, 0.2) is 0 Å². The number of benzene rings is 1. The smallest absolute Gasteiger partial charge is 0.398 e. The van der Waals surface area contributed by atoms with Crippen molar-refractivity contribution in [2.24, 2.45) is 0 Å². The Bertz CT molecular complexity index is 748. The maximum absolute atomic E-state index is 11.8. The molecule has 0 amide bonds. The van der Waals surface area contributed by atoms with Crippen LogP contribution in [0.25, 0.3) is 10.9 Å². The number of hydrogen-bond donors (Lipinski definition) is 0. The number of rotatable bonds is 1. The van der Waals surface area contributed by atoms with Gasteiger partial charge in [0.05, 0.1) is 16.7 Å².